The van der Waals surface area contributed by atoms with E-state index in [9.17, 15) is 9.90 Å². The van der Waals surface area contributed by atoms with E-state index in [4.69, 9.17) is 0 Å². The highest BCUT2D eigenvalue weighted by Crippen LogP contribution is 2.29. The van der Waals surface area contributed by atoms with Crippen molar-refractivity contribution in [2.24, 2.45) is 0 Å². The number of carbonyl (C=O) groups is 1. The van der Waals surface area contributed by atoms with Gasteiger partial charge in [0.1, 0.15) is 0 Å². The van der Waals surface area contributed by atoms with Crippen LogP contribution in [0.4, 0.5) is 0 Å². The summed E-state index contributed by atoms with van der Waals surface area (Å²) in [4.78, 5) is 11.6. The fraction of sp³-hybridized carbons (Fsp3) is 0.229. The fourth-order valence-corrected chi connectivity index (χ4v) is 5.28. The number of fused-ring (bicyclic) bond motifs is 1. The first-order chi connectivity index (χ1) is 18.8. The van der Waals surface area contributed by atoms with E-state index >= 15 is 0 Å². The molecular formula is C35H36N2O2. The highest BCUT2D eigenvalue weighted by atomic mass is 16.4. The number of nitrogens with zero attached hydrogens (tertiary/aromatic N) is 1. The number of aryl methyl sites for hydroxylation is 1. The molecular weight excluding hydrogens is 480 g/mol. The molecule has 2 N–H and O–H groups in total. The first kappa shape index (κ1) is 26.5. The Balaban J connectivity index is 1.30. The fourth-order valence-electron chi connectivity index (χ4n) is 5.28. The zero-order chi connectivity index (χ0) is 27.5. The van der Waals surface area contributed by atoms with Gasteiger partial charge in [-0.15, -0.1) is 0 Å². The van der Waals surface area contributed by atoms with E-state index in [2.05, 4.69) is 92.2 Å². The van der Waals surface area contributed by atoms with Gasteiger partial charge in [0.15, 0.2) is 0 Å². The second-order valence-corrected chi connectivity index (χ2v) is 10.7. The summed E-state index contributed by atoms with van der Waals surface area (Å²) in [6.45, 7) is 11.3. The van der Waals surface area contributed by atoms with Crippen molar-refractivity contribution in [3.8, 4) is 11.1 Å². The van der Waals surface area contributed by atoms with Gasteiger partial charge in [-0.1, -0.05) is 86.6 Å². The molecule has 0 aliphatic rings. The summed E-state index contributed by atoms with van der Waals surface area (Å²) in [5, 5.41) is 14.4. The van der Waals surface area contributed by atoms with E-state index in [-0.39, 0.29) is 0 Å². The number of rotatable bonds is 9. The van der Waals surface area contributed by atoms with Crippen LogP contribution in [-0.2, 0) is 19.6 Å². The minimum absolute atomic E-state index is 0.322. The Bertz CT molecular complexity index is 1610. The van der Waals surface area contributed by atoms with Crippen LogP contribution >= 0.6 is 0 Å². The highest BCUT2D eigenvalue weighted by Gasteiger charge is 2.14. The smallest absolute Gasteiger partial charge is 0.336 e. The molecule has 0 saturated heterocycles. The minimum atomic E-state index is -0.908. The molecule has 0 saturated carbocycles. The van der Waals surface area contributed by atoms with Crippen molar-refractivity contribution in [1.29, 1.82) is 0 Å². The van der Waals surface area contributed by atoms with Crippen molar-refractivity contribution < 1.29 is 9.90 Å². The van der Waals surface area contributed by atoms with Crippen molar-refractivity contribution in [2.75, 3.05) is 0 Å². The van der Waals surface area contributed by atoms with Crippen LogP contribution in [0.1, 0.15) is 63.6 Å². The minimum Gasteiger partial charge on any atom is -0.478 e. The monoisotopic (exact) mass is 516 g/mol. The number of aromatic nitrogens is 1. The summed E-state index contributed by atoms with van der Waals surface area (Å²) in [6, 6.07) is 31.0. The second kappa shape index (κ2) is 11.3. The maximum Gasteiger partial charge on any atom is 0.336 e. The number of aromatic carboxylic acids is 1. The largest absolute Gasteiger partial charge is 0.478 e. The van der Waals surface area contributed by atoms with Crippen LogP contribution in [0, 0.1) is 13.8 Å². The van der Waals surface area contributed by atoms with Crippen molar-refractivity contribution in [1.82, 2.24) is 9.88 Å². The lowest BCUT2D eigenvalue weighted by Crippen LogP contribution is -2.12. The molecule has 4 heteroatoms. The van der Waals surface area contributed by atoms with Crippen LogP contribution < -0.4 is 5.32 Å². The molecule has 0 unspecified atom stereocenters. The predicted octanol–water partition coefficient (Wildman–Crippen LogP) is 8.08. The topological polar surface area (TPSA) is 54.3 Å². The lowest BCUT2D eigenvalue weighted by molar-refractivity contribution is 0.0697. The summed E-state index contributed by atoms with van der Waals surface area (Å²) >= 11 is 0. The molecule has 0 aliphatic heterocycles. The Morgan fingerprint density at radius 2 is 1.46 bits per heavy atom. The van der Waals surface area contributed by atoms with Gasteiger partial charge in [0.2, 0.25) is 0 Å². The maximum atomic E-state index is 11.6. The third-order valence-corrected chi connectivity index (χ3v) is 7.77. The summed E-state index contributed by atoms with van der Waals surface area (Å²) < 4.78 is 2.37. The standard InChI is InChI=1S/C35H36N2O2/c1-23(2)29-14-9-26(10-15-29)20-36-21-28-13-18-34-33(19-28)24(3)25(4)37(34)22-27-11-16-30(17-12-27)31-7-5-6-8-32(31)35(38)39/h5-19,23,36H,20-22H2,1-4H3,(H,38,39). The Labute approximate surface area is 230 Å². The third-order valence-electron chi connectivity index (χ3n) is 7.77. The molecule has 1 heterocycles. The molecule has 0 bridgehead atoms. The lowest BCUT2D eigenvalue weighted by Gasteiger charge is -2.11. The number of hydrogen-bond donors (Lipinski definition) is 2. The number of hydrogen-bond acceptors (Lipinski definition) is 2. The van der Waals surface area contributed by atoms with E-state index in [0.717, 1.165) is 30.8 Å². The molecule has 0 spiro atoms. The summed E-state index contributed by atoms with van der Waals surface area (Å²) in [6.07, 6.45) is 0. The molecule has 0 atom stereocenters. The normalized spacial score (nSPS) is 11.4. The van der Waals surface area contributed by atoms with Gasteiger partial charge in [0.25, 0.3) is 0 Å². The van der Waals surface area contributed by atoms with Crippen molar-refractivity contribution >= 4 is 16.9 Å². The van der Waals surface area contributed by atoms with Crippen LogP contribution in [0.25, 0.3) is 22.0 Å². The van der Waals surface area contributed by atoms with Gasteiger partial charge in [-0.05, 0) is 76.9 Å². The Morgan fingerprint density at radius 1 is 0.821 bits per heavy atom. The maximum absolute atomic E-state index is 11.6. The molecule has 0 aliphatic carbocycles. The van der Waals surface area contributed by atoms with Gasteiger partial charge in [-0.3, -0.25) is 0 Å². The third kappa shape index (κ3) is 5.67. The van der Waals surface area contributed by atoms with E-state index in [1.54, 1.807) is 12.1 Å². The SMILES string of the molecule is Cc1c(C)n(Cc2ccc(-c3ccccc3C(=O)O)cc2)c2ccc(CNCc3ccc(C(C)C)cc3)cc12. The van der Waals surface area contributed by atoms with Crippen LogP contribution in [0.5, 0.6) is 0 Å². The Hall–Kier alpha value is -4.15. The summed E-state index contributed by atoms with van der Waals surface area (Å²) in [5.41, 5.74) is 10.9. The van der Waals surface area contributed by atoms with Crippen LogP contribution in [0.15, 0.2) is 91.0 Å². The van der Waals surface area contributed by atoms with E-state index in [1.165, 1.54) is 44.4 Å². The van der Waals surface area contributed by atoms with E-state index < -0.39 is 5.97 Å². The molecule has 4 aromatic carbocycles. The quantitative estimate of drug-likeness (QED) is 0.208. The average molecular weight is 517 g/mol. The number of benzene rings is 4. The number of nitrogens with one attached hydrogen (secondary N) is 1. The van der Waals surface area contributed by atoms with Crippen molar-refractivity contribution in [3.05, 3.63) is 130 Å². The lowest BCUT2D eigenvalue weighted by atomic mass is 9.99. The van der Waals surface area contributed by atoms with Crippen LogP contribution in [0.2, 0.25) is 0 Å². The summed E-state index contributed by atoms with van der Waals surface area (Å²) in [5.74, 6) is -0.354. The second-order valence-electron chi connectivity index (χ2n) is 10.7. The van der Waals surface area contributed by atoms with Crippen LogP contribution in [0.3, 0.4) is 0 Å². The molecule has 5 aromatic rings. The molecule has 0 radical (unpaired) electrons. The van der Waals surface area contributed by atoms with E-state index in [1.807, 2.05) is 24.3 Å². The van der Waals surface area contributed by atoms with Gasteiger partial charge < -0.3 is 15.0 Å². The zero-order valence-corrected chi connectivity index (χ0v) is 23.2. The van der Waals surface area contributed by atoms with Gasteiger partial charge in [-0.25, -0.2) is 4.79 Å². The zero-order valence-electron chi connectivity index (χ0n) is 23.2. The highest BCUT2D eigenvalue weighted by molar-refractivity contribution is 5.96. The number of carboxylic acids is 1. The molecule has 5 rings (SSSR count). The van der Waals surface area contributed by atoms with Gasteiger partial charge >= 0.3 is 5.97 Å². The van der Waals surface area contributed by atoms with E-state index in [0.29, 0.717) is 11.5 Å². The Kier molecular flexibility index (Phi) is 7.67. The Morgan fingerprint density at radius 3 is 2.15 bits per heavy atom. The van der Waals surface area contributed by atoms with Gasteiger partial charge in [-0.2, -0.15) is 0 Å². The molecule has 0 fully saturated rings. The van der Waals surface area contributed by atoms with Gasteiger partial charge in [0, 0.05) is 36.2 Å². The molecule has 1 aromatic heterocycles. The first-order valence-corrected chi connectivity index (χ1v) is 13.6. The molecule has 0 amide bonds. The molecule has 39 heavy (non-hydrogen) atoms. The predicted molar refractivity (Wildman–Crippen MR) is 160 cm³/mol. The average Bonchev–Trinajstić information content (AvgIpc) is 3.18. The molecule has 198 valence electrons. The molecule has 4 nitrogen and oxygen atoms in total. The van der Waals surface area contributed by atoms with Crippen molar-refractivity contribution in [3.63, 3.8) is 0 Å². The van der Waals surface area contributed by atoms with Gasteiger partial charge in [0.05, 0.1) is 5.56 Å². The van der Waals surface area contributed by atoms with Crippen LogP contribution in [-0.4, -0.2) is 15.6 Å². The number of carboxylic acid groups (broad SMARTS) is 1. The van der Waals surface area contributed by atoms with Crippen molar-refractivity contribution in [2.45, 2.75) is 53.2 Å². The first-order valence-electron chi connectivity index (χ1n) is 13.6. The summed E-state index contributed by atoms with van der Waals surface area (Å²) in [7, 11) is 0.